The van der Waals surface area contributed by atoms with Crippen molar-refractivity contribution in [3.05, 3.63) is 72.1 Å². The predicted octanol–water partition coefficient (Wildman–Crippen LogP) is 4.62. The number of unbranched alkanes of at least 4 members (excludes halogenated alkanes) is 2. The Morgan fingerprint density at radius 2 is 1.75 bits per heavy atom. The van der Waals surface area contributed by atoms with E-state index in [0.29, 0.717) is 31.4 Å². The van der Waals surface area contributed by atoms with Gasteiger partial charge in [-0.25, -0.2) is 17.4 Å². The number of nitrogens with one attached hydrogen (secondary N) is 1. The van der Waals surface area contributed by atoms with E-state index in [1.165, 1.54) is 42.6 Å². The fourth-order valence-corrected chi connectivity index (χ4v) is 7.68. The molecule has 12 nitrogen and oxygen atoms in total. The van der Waals surface area contributed by atoms with Crippen LogP contribution in [0.1, 0.15) is 43.9 Å². The van der Waals surface area contributed by atoms with E-state index in [0.717, 1.165) is 3.97 Å². The molecular formula is C31H33F3N4O8S2. The molecule has 0 aliphatic carbocycles. The lowest BCUT2D eigenvalue weighted by Gasteiger charge is -2.15. The molecule has 2 aromatic heterocycles. The number of carboxylic acids is 1. The van der Waals surface area contributed by atoms with Gasteiger partial charge >= 0.3 is 12.1 Å². The van der Waals surface area contributed by atoms with E-state index in [-0.39, 0.29) is 63.5 Å². The van der Waals surface area contributed by atoms with Crippen LogP contribution >= 0.6 is 0 Å². The highest BCUT2D eigenvalue weighted by atomic mass is 32.2. The molecule has 0 aliphatic rings. The lowest BCUT2D eigenvalue weighted by molar-refractivity contribution is -0.153. The Balaban J connectivity index is 1.51. The SMILES string of the molecule is CCc1c(OCC(F)(F)F)ccnc1CS(=O)c1nc2ccccc2n1S(=O)(=O)c1ccc(OCC(=O)NCCCCCC(=O)O)cc1. The van der Waals surface area contributed by atoms with Crippen molar-refractivity contribution >= 4 is 43.7 Å². The van der Waals surface area contributed by atoms with E-state index in [2.05, 4.69) is 15.3 Å². The number of aliphatic carboxylic acids is 1. The molecule has 0 saturated heterocycles. The number of pyridine rings is 1. The van der Waals surface area contributed by atoms with Gasteiger partial charge in [0, 0.05) is 24.7 Å². The molecule has 0 bridgehead atoms. The van der Waals surface area contributed by atoms with Crippen LogP contribution in [0, 0.1) is 0 Å². The molecule has 0 aliphatic heterocycles. The first-order valence-electron chi connectivity index (χ1n) is 14.8. The second kappa shape index (κ2) is 16.1. The summed E-state index contributed by atoms with van der Waals surface area (Å²) in [6.45, 7) is 0.188. The van der Waals surface area contributed by atoms with Crippen molar-refractivity contribution in [2.45, 2.75) is 61.0 Å². The van der Waals surface area contributed by atoms with Crippen LogP contribution in [0.2, 0.25) is 0 Å². The second-order valence-corrected chi connectivity index (χ2v) is 13.6. The zero-order valence-corrected chi connectivity index (χ0v) is 27.4. The van der Waals surface area contributed by atoms with Gasteiger partial charge in [-0.15, -0.1) is 0 Å². The first kappa shape index (κ1) is 36.3. The van der Waals surface area contributed by atoms with Crippen molar-refractivity contribution in [3.63, 3.8) is 0 Å². The lowest BCUT2D eigenvalue weighted by atomic mass is 10.1. The number of hydrogen-bond donors (Lipinski definition) is 2. The van der Waals surface area contributed by atoms with Crippen molar-refractivity contribution in [2.75, 3.05) is 19.8 Å². The number of aromatic nitrogens is 3. The van der Waals surface area contributed by atoms with Crippen LogP contribution in [0.4, 0.5) is 13.2 Å². The first-order valence-corrected chi connectivity index (χ1v) is 17.5. The van der Waals surface area contributed by atoms with Crippen molar-refractivity contribution in [1.82, 2.24) is 19.3 Å². The summed E-state index contributed by atoms with van der Waals surface area (Å²) in [6, 6.07) is 12.8. The molecule has 4 rings (SSSR count). The number of hydrogen-bond acceptors (Lipinski definition) is 9. The normalized spacial score (nSPS) is 12.5. The molecule has 2 heterocycles. The lowest BCUT2D eigenvalue weighted by Crippen LogP contribution is -2.29. The summed E-state index contributed by atoms with van der Waals surface area (Å²) < 4.78 is 91.4. The Bertz CT molecular complexity index is 1880. The number of carboxylic acid groups (broad SMARTS) is 1. The maximum absolute atomic E-state index is 14.0. The van der Waals surface area contributed by atoms with E-state index in [9.17, 15) is 35.4 Å². The summed E-state index contributed by atoms with van der Waals surface area (Å²) in [6.07, 6.45) is -1.28. The number of carbonyl (C=O) groups is 2. The van der Waals surface area contributed by atoms with E-state index in [4.69, 9.17) is 14.6 Å². The molecule has 0 radical (unpaired) electrons. The number of ether oxygens (including phenoxy) is 2. The van der Waals surface area contributed by atoms with Gasteiger partial charge in [0.25, 0.3) is 15.9 Å². The number of para-hydroxylation sites is 2. The van der Waals surface area contributed by atoms with Crippen LogP contribution in [0.5, 0.6) is 11.5 Å². The fourth-order valence-electron chi connectivity index (χ4n) is 4.68. The van der Waals surface area contributed by atoms with Gasteiger partial charge in [0.05, 0.1) is 38.2 Å². The summed E-state index contributed by atoms with van der Waals surface area (Å²) in [5.74, 6) is -1.46. The first-order chi connectivity index (χ1) is 22.8. The Kier molecular flexibility index (Phi) is 12.2. The van der Waals surface area contributed by atoms with Gasteiger partial charge in [-0.2, -0.15) is 13.2 Å². The zero-order valence-electron chi connectivity index (χ0n) is 25.7. The molecule has 0 saturated carbocycles. The topological polar surface area (TPSA) is 167 Å². The minimum absolute atomic E-state index is 0.0641. The summed E-state index contributed by atoms with van der Waals surface area (Å²) in [7, 11) is -6.52. The molecule has 17 heteroatoms. The molecular weight excluding hydrogens is 677 g/mol. The van der Waals surface area contributed by atoms with Crippen LogP contribution in [-0.4, -0.2) is 69.5 Å². The van der Waals surface area contributed by atoms with E-state index in [1.54, 1.807) is 25.1 Å². The highest BCUT2D eigenvalue weighted by Gasteiger charge is 2.30. The Morgan fingerprint density at radius 3 is 2.44 bits per heavy atom. The van der Waals surface area contributed by atoms with E-state index < -0.39 is 45.5 Å². The molecule has 1 amide bonds. The van der Waals surface area contributed by atoms with Crippen molar-refractivity contribution < 1.29 is 50.0 Å². The third-order valence-corrected chi connectivity index (χ3v) is 9.98. The second-order valence-electron chi connectivity index (χ2n) is 10.4. The third-order valence-electron chi connectivity index (χ3n) is 6.93. The number of benzene rings is 2. The molecule has 1 unspecified atom stereocenters. The number of carbonyl (C=O) groups excluding carboxylic acids is 1. The molecule has 258 valence electrons. The molecule has 2 N–H and O–H groups in total. The maximum atomic E-state index is 14.0. The Morgan fingerprint density at radius 1 is 1.02 bits per heavy atom. The molecule has 0 fully saturated rings. The van der Waals surface area contributed by atoms with Crippen molar-refractivity contribution in [1.29, 1.82) is 0 Å². The average Bonchev–Trinajstić information content (AvgIpc) is 3.45. The number of amides is 1. The highest BCUT2D eigenvalue weighted by Crippen LogP contribution is 2.29. The number of halogens is 3. The zero-order chi connectivity index (χ0) is 34.9. The van der Waals surface area contributed by atoms with Gasteiger partial charge in [-0.1, -0.05) is 25.5 Å². The van der Waals surface area contributed by atoms with E-state index >= 15 is 0 Å². The summed E-state index contributed by atoms with van der Waals surface area (Å²) in [4.78, 5) is 31.0. The number of alkyl halides is 3. The number of nitrogens with zero attached hydrogens (tertiary/aromatic N) is 3. The minimum Gasteiger partial charge on any atom is -0.484 e. The smallest absolute Gasteiger partial charge is 0.422 e. The van der Waals surface area contributed by atoms with Gasteiger partial charge in [0.1, 0.15) is 11.5 Å². The fraction of sp³-hybridized carbons (Fsp3) is 0.355. The largest absolute Gasteiger partial charge is 0.484 e. The van der Waals surface area contributed by atoms with Crippen LogP contribution < -0.4 is 14.8 Å². The molecule has 2 aromatic carbocycles. The Labute approximate surface area is 276 Å². The molecule has 1 atom stereocenters. The highest BCUT2D eigenvalue weighted by molar-refractivity contribution is 7.91. The van der Waals surface area contributed by atoms with Gasteiger partial charge in [-0.3, -0.25) is 18.8 Å². The van der Waals surface area contributed by atoms with Crippen LogP contribution in [-0.2, 0) is 42.6 Å². The van der Waals surface area contributed by atoms with Crippen LogP contribution in [0.25, 0.3) is 11.0 Å². The number of rotatable bonds is 17. The van der Waals surface area contributed by atoms with Crippen molar-refractivity contribution in [2.24, 2.45) is 0 Å². The summed E-state index contributed by atoms with van der Waals surface area (Å²) in [5, 5.41) is 11.0. The quantitative estimate of drug-likeness (QED) is 0.148. The average molecular weight is 711 g/mol. The number of fused-ring (bicyclic) bond motifs is 1. The predicted molar refractivity (Wildman–Crippen MR) is 169 cm³/mol. The third kappa shape index (κ3) is 9.53. The van der Waals surface area contributed by atoms with Gasteiger partial charge in [-0.05, 0) is 61.7 Å². The van der Waals surface area contributed by atoms with Crippen LogP contribution in [0.15, 0.2) is 70.8 Å². The van der Waals surface area contributed by atoms with Crippen LogP contribution in [0.3, 0.4) is 0 Å². The standard InChI is InChI=1S/C31H33F3N4O8S2/c1-2-23-25(35-17-15-27(23)46-20-31(32,33)34)19-47(42)30-37-24-8-5-6-9-26(24)38(30)48(43,44)22-13-11-21(12-14-22)45-18-28(39)36-16-7-3-4-10-29(40)41/h5-6,8-9,11-15,17H,2-4,7,10,16,18-20H2,1H3,(H,36,39)(H,40,41). The minimum atomic E-state index is -4.57. The Hall–Kier alpha value is -4.51. The van der Waals surface area contributed by atoms with Gasteiger partial charge in [0.15, 0.2) is 13.2 Å². The van der Waals surface area contributed by atoms with E-state index in [1.807, 2.05) is 0 Å². The van der Waals surface area contributed by atoms with Crippen molar-refractivity contribution in [3.8, 4) is 11.5 Å². The molecule has 48 heavy (non-hydrogen) atoms. The number of imidazole rings is 1. The monoisotopic (exact) mass is 710 g/mol. The van der Waals surface area contributed by atoms with Gasteiger partial charge in [0.2, 0.25) is 5.16 Å². The maximum Gasteiger partial charge on any atom is 0.422 e. The summed E-state index contributed by atoms with van der Waals surface area (Å²) >= 11 is 0. The van der Waals surface area contributed by atoms with Gasteiger partial charge < -0.3 is 19.9 Å². The molecule has 4 aromatic rings. The summed E-state index contributed by atoms with van der Waals surface area (Å²) in [5.41, 5.74) is 0.894. The molecule has 0 spiro atoms.